The molecule has 0 aliphatic carbocycles. The Hall–Kier alpha value is -2.38. The highest BCUT2D eigenvalue weighted by Crippen LogP contribution is 2.29. The van der Waals surface area contributed by atoms with Crippen molar-refractivity contribution in [2.24, 2.45) is 0 Å². The summed E-state index contributed by atoms with van der Waals surface area (Å²) in [7, 11) is 1.69. The van der Waals surface area contributed by atoms with Crippen molar-refractivity contribution in [3.63, 3.8) is 0 Å². The maximum Gasteiger partial charge on any atom is 0.259 e. The SMILES string of the molecule is CCOc1ccc(N2CN(CCOC)Cn3c2nc(C)c(CC)c3=O)cc1. The molecule has 7 nitrogen and oxygen atoms in total. The van der Waals surface area contributed by atoms with Gasteiger partial charge in [-0.1, -0.05) is 6.92 Å². The van der Waals surface area contributed by atoms with Crippen LogP contribution in [-0.2, 0) is 17.8 Å². The van der Waals surface area contributed by atoms with Crippen LogP contribution in [0.3, 0.4) is 0 Å². The Morgan fingerprint density at radius 1 is 1.15 bits per heavy atom. The second-order valence-electron chi connectivity index (χ2n) is 6.59. The Kier molecular flexibility index (Phi) is 6.13. The minimum Gasteiger partial charge on any atom is -0.494 e. The molecule has 0 atom stereocenters. The van der Waals surface area contributed by atoms with E-state index in [0.29, 0.717) is 38.9 Å². The molecule has 2 heterocycles. The Balaban J connectivity index is 2.03. The smallest absolute Gasteiger partial charge is 0.259 e. The Labute approximate surface area is 160 Å². The molecule has 0 saturated carbocycles. The number of hydrogen-bond donors (Lipinski definition) is 0. The molecule has 3 rings (SSSR count). The van der Waals surface area contributed by atoms with Crippen LogP contribution in [0.1, 0.15) is 25.1 Å². The summed E-state index contributed by atoms with van der Waals surface area (Å²) in [6.45, 7) is 9.02. The van der Waals surface area contributed by atoms with Crippen molar-refractivity contribution in [3.8, 4) is 5.75 Å². The third-order valence-corrected chi connectivity index (χ3v) is 4.80. The molecule has 27 heavy (non-hydrogen) atoms. The highest BCUT2D eigenvalue weighted by molar-refractivity contribution is 5.59. The molecule has 1 aromatic heterocycles. The maximum absolute atomic E-state index is 13.0. The van der Waals surface area contributed by atoms with Gasteiger partial charge in [0.1, 0.15) is 5.75 Å². The quantitative estimate of drug-likeness (QED) is 0.744. The van der Waals surface area contributed by atoms with Crippen molar-refractivity contribution in [1.29, 1.82) is 0 Å². The molecule has 1 aliphatic heterocycles. The van der Waals surface area contributed by atoms with Crippen molar-refractivity contribution in [1.82, 2.24) is 14.5 Å². The Morgan fingerprint density at radius 2 is 1.89 bits per heavy atom. The summed E-state index contributed by atoms with van der Waals surface area (Å²) in [6.07, 6.45) is 0.680. The van der Waals surface area contributed by atoms with Gasteiger partial charge in [-0.15, -0.1) is 0 Å². The molecule has 0 amide bonds. The second kappa shape index (κ2) is 8.54. The molecule has 146 valence electrons. The minimum atomic E-state index is 0.0399. The highest BCUT2D eigenvalue weighted by atomic mass is 16.5. The van der Waals surface area contributed by atoms with Crippen molar-refractivity contribution in [3.05, 3.63) is 45.9 Å². The van der Waals surface area contributed by atoms with E-state index in [4.69, 9.17) is 14.5 Å². The fourth-order valence-corrected chi connectivity index (χ4v) is 3.38. The average molecular weight is 372 g/mol. The van der Waals surface area contributed by atoms with Crippen molar-refractivity contribution >= 4 is 11.6 Å². The predicted octanol–water partition coefficient (Wildman–Crippen LogP) is 2.53. The summed E-state index contributed by atoms with van der Waals surface area (Å²) in [6, 6.07) is 7.90. The van der Waals surface area contributed by atoms with Gasteiger partial charge in [-0.2, -0.15) is 0 Å². The lowest BCUT2D eigenvalue weighted by atomic mass is 10.2. The molecule has 0 radical (unpaired) electrons. The fraction of sp³-hybridized carbons (Fsp3) is 0.500. The van der Waals surface area contributed by atoms with Gasteiger partial charge in [-0.25, -0.2) is 4.98 Å². The second-order valence-corrected chi connectivity index (χ2v) is 6.59. The predicted molar refractivity (Wildman–Crippen MR) is 106 cm³/mol. The third kappa shape index (κ3) is 3.99. The maximum atomic E-state index is 13.0. The number of aryl methyl sites for hydroxylation is 1. The standard InChI is InChI=1S/C20H28N4O3/c1-5-18-15(3)21-20-23(16-7-9-17(10-8-16)27-6-2)13-22(11-12-26-4)14-24(20)19(18)25/h7-10H,5-6,11-14H2,1-4H3. The summed E-state index contributed by atoms with van der Waals surface area (Å²) < 4.78 is 12.5. The number of ether oxygens (including phenoxy) is 2. The van der Waals surface area contributed by atoms with E-state index < -0.39 is 0 Å². The van der Waals surface area contributed by atoms with Gasteiger partial charge >= 0.3 is 0 Å². The molecule has 0 bridgehead atoms. The van der Waals surface area contributed by atoms with E-state index in [1.165, 1.54) is 0 Å². The zero-order valence-corrected chi connectivity index (χ0v) is 16.6. The molecule has 0 N–H and O–H groups in total. The minimum absolute atomic E-state index is 0.0399. The number of nitrogens with zero attached hydrogens (tertiary/aromatic N) is 4. The summed E-state index contributed by atoms with van der Waals surface area (Å²) in [5.74, 6) is 1.52. The van der Waals surface area contributed by atoms with Crippen LogP contribution in [0.4, 0.5) is 11.6 Å². The average Bonchev–Trinajstić information content (AvgIpc) is 2.67. The van der Waals surface area contributed by atoms with Crippen LogP contribution in [0.2, 0.25) is 0 Å². The monoisotopic (exact) mass is 372 g/mol. The van der Waals surface area contributed by atoms with E-state index in [9.17, 15) is 4.79 Å². The third-order valence-electron chi connectivity index (χ3n) is 4.80. The zero-order valence-electron chi connectivity index (χ0n) is 16.6. The Bertz CT molecular complexity index is 832. The van der Waals surface area contributed by atoms with E-state index in [1.807, 2.05) is 45.0 Å². The first-order valence-corrected chi connectivity index (χ1v) is 9.41. The molecule has 0 fully saturated rings. The molecule has 0 spiro atoms. The number of aromatic nitrogens is 2. The lowest BCUT2D eigenvalue weighted by Crippen LogP contribution is -2.48. The van der Waals surface area contributed by atoms with Gasteiger partial charge in [-0.3, -0.25) is 19.2 Å². The normalized spacial score (nSPS) is 14.3. The lowest BCUT2D eigenvalue weighted by molar-refractivity contribution is 0.121. The number of rotatable bonds is 7. The van der Waals surface area contributed by atoms with Crippen molar-refractivity contribution in [2.75, 3.05) is 38.4 Å². The number of methoxy groups -OCH3 is 1. The molecular formula is C20H28N4O3. The zero-order chi connectivity index (χ0) is 19.4. The van der Waals surface area contributed by atoms with Crippen LogP contribution >= 0.6 is 0 Å². The fourth-order valence-electron chi connectivity index (χ4n) is 3.38. The molecule has 7 heteroatoms. The molecule has 2 aromatic rings. The van der Waals surface area contributed by atoms with E-state index in [-0.39, 0.29) is 5.56 Å². The van der Waals surface area contributed by atoms with E-state index in [2.05, 4.69) is 9.80 Å². The van der Waals surface area contributed by atoms with E-state index in [0.717, 1.165) is 29.2 Å². The summed E-state index contributed by atoms with van der Waals surface area (Å²) in [4.78, 5) is 22.1. The van der Waals surface area contributed by atoms with Gasteiger partial charge in [-0.05, 0) is 44.5 Å². The van der Waals surface area contributed by atoms with Gasteiger partial charge < -0.3 is 9.47 Å². The first kappa shape index (κ1) is 19.4. The molecular weight excluding hydrogens is 344 g/mol. The summed E-state index contributed by atoms with van der Waals surface area (Å²) >= 11 is 0. The van der Waals surface area contributed by atoms with Crippen LogP contribution in [0, 0.1) is 6.92 Å². The first-order chi connectivity index (χ1) is 13.1. The molecule has 0 saturated heterocycles. The van der Waals surface area contributed by atoms with Gasteiger partial charge in [0.15, 0.2) is 0 Å². The van der Waals surface area contributed by atoms with Gasteiger partial charge in [0.2, 0.25) is 5.95 Å². The summed E-state index contributed by atoms with van der Waals surface area (Å²) in [5.41, 5.74) is 2.59. The molecule has 1 aromatic carbocycles. The largest absolute Gasteiger partial charge is 0.494 e. The topological polar surface area (TPSA) is 59.8 Å². The number of fused-ring (bicyclic) bond motifs is 1. The van der Waals surface area contributed by atoms with Crippen molar-refractivity contribution < 1.29 is 9.47 Å². The summed E-state index contributed by atoms with van der Waals surface area (Å²) in [5, 5.41) is 0. The van der Waals surface area contributed by atoms with Crippen LogP contribution in [0.15, 0.2) is 29.1 Å². The highest BCUT2D eigenvalue weighted by Gasteiger charge is 2.27. The van der Waals surface area contributed by atoms with Gasteiger partial charge in [0.05, 0.1) is 26.6 Å². The lowest BCUT2D eigenvalue weighted by Gasteiger charge is -2.38. The number of hydrogen-bond acceptors (Lipinski definition) is 6. The number of benzene rings is 1. The van der Waals surface area contributed by atoms with Crippen LogP contribution < -0.4 is 15.2 Å². The first-order valence-electron chi connectivity index (χ1n) is 9.41. The van der Waals surface area contributed by atoms with Crippen LogP contribution in [-0.4, -0.2) is 48.0 Å². The van der Waals surface area contributed by atoms with Crippen molar-refractivity contribution in [2.45, 2.75) is 33.9 Å². The molecule has 0 unspecified atom stereocenters. The van der Waals surface area contributed by atoms with Crippen LogP contribution in [0.5, 0.6) is 5.75 Å². The Morgan fingerprint density at radius 3 is 2.52 bits per heavy atom. The number of anilines is 2. The van der Waals surface area contributed by atoms with Gasteiger partial charge in [0, 0.05) is 30.6 Å². The van der Waals surface area contributed by atoms with Crippen LogP contribution in [0.25, 0.3) is 0 Å². The van der Waals surface area contributed by atoms with Gasteiger partial charge in [0.25, 0.3) is 5.56 Å². The van der Waals surface area contributed by atoms with E-state index in [1.54, 1.807) is 11.7 Å². The molecule has 1 aliphatic rings. The van der Waals surface area contributed by atoms with E-state index >= 15 is 0 Å².